The molecule has 0 bridgehead atoms. The zero-order valence-electron chi connectivity index (χ0n) is 7.90. The number of phenols is 1. The summed E-state index contributed by atoms with van der Waals surface area (Å²) in [6.07, 6.45) is 0. The van der Waals surface area contributed by atoms with E-state index in [9.17, 15) is 9.90 Å². The first-order valence-electron chi connectivity index (χ1n) is 4.45. The molecule has 2 rings (SSSR count). The Kier molecular flexibility index (Phi) is 2.17. The quantitative estimate of drug-likeness (QED) is 0.652. The monoisotopic (exact) mass is 202 g/mol. The second-order valence-electron chi connectivity index (χ2n) is 3.21. The van der Waals surface area contributed by atoms with E-state index in [-0.39, 0.29) is 11.3 Å². The average molecular weight is 202 g/mol. The van der Waals surface area contributed by atoms with Gasteiger partial charge in [0.25, 0.3) is 0 Å². The van der Waals surface area contributed by atoms with E-state index in [1.54, 1.807) is 30.3 Å². The van der Waals surface area contributed by atoms with Crippen molar-refractivity contribution in [3.05, 3.63) is 46.8 Å². The Hall–Kier alpha value is -2.23. The number of nitrogens with two attached hydrogens (primary N) is 1. The van der Waals surface area contributed by atoms with E-state index in [0.29, 0.717) is 16.9 Å². The summed E-state index contributed by atoms with van der Waals surface area (Å²) in [5.41, 5.74) is 6.70. The lowest BCUT2D eigenvalue weighted by molar-refractivity contribution is 0.477. The molecule has 0 unspecified atom stereocenters. The van der Waals surface area contributed by atoms with Gasteiger partial charge in [-0.25, -0.2) is 0 Å². The molecule has 0 atom stereocenters. The highest BCUT2D eigenvalue weighted by molar-refractivity contribution is 5.68. The van der Waals surface area contributed by atoms with Crippen molar-refractivity contribution in [3.8, 4) is 17.0 Å². The Balaban J connectivity index is 2.64. The summed E-state index contributed by atoms with van der Waals surface area (Å²) in [7, 11) is 0. The van der Waals surface area contributed by atoms with Crippen LogP contribution in [0.5, 0.6) is 5.75 Å². The highest BCUT2D eigenvalue weighted by atomic mass is 16.3. The van der Waals surface area contributed by atoms with Gasteiger partial charge in [-0.3, -0.25) is 4.79 Å². The first kappa shape index (κ1) is 9.33. The molecule has 0 spiro atoms. The Morgan fingerprint density at radius 1 is 1.20 bits per heavy atom. The van der Waals surface area contributed by atoms with Crippen LogP contribution in [0, 0.1) is 0 Å². The van der Waals surface area contributed by atoms with E-state index in [0.717, 1.165) is 0 Å². The van der Waals surface area contributed by atoms with Crippen LogP contribution in [0.2, 0.25) is 0 Å². The van der Waals surface area contributed by atoms with Crippen LogP contribution < -0.4 is 11.3 Å². The van der Waals surface area contributed by atoms with E-state index in [2.05, 4.69) is 4.98 Å². The third-order valence-electron chi connectivity index (χ3n) is 2.06. The van der Waals surface area contributed by atoms with Crippen LogP contribution in [0.1, 0.15) is 0 Å². The molecule has 15 heavy (non-hydrogen) atoms. The van der Waals surface area contributed by atoms with Crippen molar-refractivity contribution in [3.63, 3.8) is 0 Å². The molecule has 4 heteroatoms. The Labute approximate surface area is 86.0 Å². The first-order valence-corrected chi connectivity index (χ1v) is 4.45. The predicted octanol–water partition coefficient (Wildman–Crippen LogP) is 1.33. The SMILES string of the molecule is Nc1cc(-c2ccccc2O)[nH]c(=O)c1. The van der Waals surface area contributed by atoms with Gasteiger partial charge >= 0.3 is 0 Å². The number of para-hydroxylation sites is 1. The molecule has 4 N–H and O–H groups in total. The number of aromatic nitrogens is 1. The lowest BCUT2D eigenvalue weighted by Crippen LogP contribution is -2.06. The molecule has 0 fully saturated rings. The third kappa shape index (κ3) is 1.83. The summed E-state index contributed by atoms with van der Waals surface area (Å²) in [4.78, 5) is 13.8. The van der Waals surface area contributed by atoms with Gasteiger partial charge in [-0.2, -0.15) is 0 Å². The van der Waals surface area contributed by atoms with Crippen molar-refractivity contribution in [2.45, 2.75) is 0 Å². The lowest BCUT2D eigenvalue weighted by Gasteiger charge is -2.04. The molecule has 1 aromatic carbocycles. The molecule has 76 valence electrons. The van der Waals surface area contributed by atoms with Crippen LogP contribution in [-0.2, 0) is 0 Å². The van der Waals surface area contributed by atoms with Gasteiger partial charge in [0, 0.05) is 17.3 Å². The summed E-state index contributed by atoms with van der Waals surface area (Å²) in [5.74, 6) is 0.110. The first-order chi connectivity index (χ1) is 7.16. The largest absolute Gasteiger partial charge is 0.507 e. The van der Waals surface area contributed by atoms with Crippen LogP contribution in [-0.4, -0.2) is 10.1 Å². The molecule has 0 aliphatic carbocycles. The number of H-pyrrole nitrogens is 1. The molecule has 0 saturated carbocycles. The minimum absolute atomic E-state index is 0.110. The van der Waals surface area contributed by atoms with Crippen molar-refractivity contribution in [2.75, 3.05) is 5.73 Å². The van der Waals surface area contributed by atoms with E-state index < -0.39 is 0 Å². The molecule has 4 nitrogen and oxygen atoms in total. The molecule has 0 aliphatic heterocycles. The van der Waals surface area contributed by atoms with Gasteiger partial charge in [-0.05, 0) is 18.2 Å². The maximum atomic E-state index is 11.2. The average Bonchev–Trinajstić information content (AvgIpc) is 2.16. The summed E-state index contributed by atoms with van der Waals surface area (Å²) < 4.78 is 0. The minimum atomic E-state index is -0.284. The van der Waals surface area contributed by atoms with Crippen molar-refractivity contribution in [2.24, 2.45) is 0 Å². The number of aromatic amines is 1. The lowest BCUT2D eigenvalue weighted by atomic mass is 10.1. The van der Waals surface area contributed by atoms with Gasteiger partial charge in [-0.1, -0.05) is 12.1 Å². The topological polar surface area (TPSA) is 79.1 Å². The predicted molar refractivity (Wildman–Crippen MR) is 58.6 cm³/mol. The fraction of sp³-hybridized carbons (Fsp3) is 0. The van der Waals surface area contributed by atoms with Crippen molar-refractivity contribution < 1.29 is 5.11 Å². The van der Waals surface area contributed by atoms with Crippen LogP contribution in [0.4, 0.5) is 5.69 Å². The van der Waals surface area contributed by atoms with E-state index in [4.69, 9.17) is 5.73 Å². The van der Waals surface area contributed by atoms with Gasteiger partial charge in [-0.15, -0.1) is 0 Å². The van der Waals surface area contributed by atoms with Gasteiger partial charge < -0.3 is 15.8 Å². The fourth-order valence-electron chi connectivity index (χ4n) is 1.41. The molecule has 0 saturated heterocycles. The van der Waals surface area contributed by atoms with Crippen molar-refractivity contribution >= 4 is 5.69 Å². The summed E-state index contributed by atoms with van der Waals surface area (Å²) >= 11 is 0. The van der Waals surface area contributed by atoms with Gasteiger partial charge in [0.05, 0.1) is 5.69 Å². The zero-order chi connectivity index (χ0) is 10.8. The number of anilines is 1. The Morgan fingerprint density at radius 3 is 2.60 bits per heavy atom. The second kappa shape index (κ2) is 3.49. The van der Waals surface area contributed by atoms with E-state index in [1.165, 1.54) is 6.07 Å². The molecular formula is C11H10N2O2. The molecule has 0 radical (unpaired) electrons. The highest BCUT2D eigenvalue weighted by Crippen LogP contribution is 2.26. The number of hydrogen-bond acceptors (Lipinski definition) is 3. The van der Waals surface area contributed by atoms with Crippen LogP contribution >= 0.6 is 0 Å². The smallest absolute Gasteiger partial charge is 0.250 e. The maximum absolute atomic E-state index is 11.2. The maximum Gasteiger partial charge on any atom is 0.250 e. The van der Waals surface area contributed by atoms with Crippen molar-refractivity contribution in [1.29, 1.82) is 0 Å². The summed E-state index contributed by atoms with van der Waals surface area (Å²) in [6.45, 7) is 0. The summed E-state index contributed by atoms with van der Waals surface area (Å²) in [6, 6.07) is 9.65. The molecule has 2 aromatic rings. The third-order valence-corrected chi connectivity index (χ3v) is 2.06. The Morgan fingerprint density at radius 2 is 1.93 bits per heavy atom. The number of pyridine rings is 1. The number of benzene rings is 1. The summed E-state index contributed by atoms with van der Waals surface area (Å²) in [5, 5.41) is 9.58. The molecule has 0 amide bonds. The second-order valence-corrected chi connectivity index (χ2v) is 3.21. The van der Waals surface area contributed by atoms with Crippen LogP contribution in [0.25, 0.3) is 11.3 Å². The molecule has 1 aromatic heterocycles. The number of nitrogen functional groups attached to an aromatic ring is 1. The van der Waals surface area contributed by atoms with Gasteiger partial charge in [0.2, 0.25) is 5.56 Å². The number of rotatable bonds is 1. The number of phenolic OH excluding ortho intramolecular Hbond substituents is 1. The standard InChI is InChI=1S/C11H10N2O2/c12-7-5-9(13-11(15)6-7)8-3-1-2-4-10(8)14/h1-6,14H,(H3,12,13,15). The highest BCUT2D eigenvalue weighted by Gasteiger charge is 2.04. The molecule has 1 heterocycles. The molecule has 0 aliphatic rings. The van der Waals surface area contributed by atoms with Crippen molar-refractivity contribution in [1.82, 2.24) is 4.98 Å². The molecular weight excluding hydrogens is 192 g/mol. The van der Waals surface area contributed by atoms with Gasteiger partial charge in [0.15, 0.2) is 0 Å². The van der Waals surface area contributed by atoms with Gasteiger partial charge in [0.1, 0.15) is 5.75 Å². The van der Waals surface area contributed by atoms with E-state index >= 15 is 0 Å². The fourth-order valence-corrected chi connectivity index (χ4v) is 1.41. The number of nitrogens with one attached hydrogen (secondary N) is 1. The van der Waals surface area contributed by atoms with Crippen LogP contribution in [0.3, 0.4) is 0 Å². The zero-order valence-corrected chi connectivity index (χ0v) is 7.90. The number of hydrogen-bond donors (Lipinski definition) is 3. The normalized spacial score (nSPS) is 10.1. The Bertz CT molecular complexity index is 546. The van der Waals surface area contributed by atoms with E-state index in [1.807, 2.05) is 0 Å². The van der Waals surface area contributed by atoms with Crippen LogP contribution in [0.15, 0.2) is 41.2 Å². The minimum Gasteiger partial charge on any atom is -0.507 e. The number of aromatic hydroxyl groups is 1.